The van der Waals surface area contributed by atoms with Crippen molar-refractivity contribution in [1.29, 1.82) is 0 Å². The summed E-state index contributed by atoms with van der Waals surface area (Å²) in [5, 5.41) is 4.89. The van der Waals surface area contributed by atoms with Crippen molar-refractivity contribution in [2.75, 3.05) is 18.0 Å². The van der Waals surface area contributed by atoms with Gasteiger partial charge in [0.15, 0.2) is 5.71 Å². The molecule has 0 saturated heterocycles. The minimum Gasteiger partial charge on any atom is -0.344 e. The Bertz CT molecular complexity index is 3120. The predicted molar refractivity (Wildman–Crippen MR) is 278 cm³/mol. The predicted octanol–water partition coefficient (Wildman–Crippen LogP) is 15.8. The summed E-state index contributed by atoms with van der Waals surface area (Å²) in [6, 6.07) is 39.3. The fourth-order valence-corrected chi connectivity index (χ4v) is 13.1. The Balaban J connectivity index is 1.25. The lowest BCUT2D eigenvalue weighted by Gasteiger charge is -2.27. The summed E-state index contributed by atoms with van der Waals surface area (Å²) in [4.78, 5) is 3.12. The molecule has 4 nitrogen and oxygen atoms in total. The number of nitrogens with zero attached hydrogens (tertiary/aromatic N) is 2. The highest BCUT2D eigenvalue weighted by molar-refractivity contribution is 9.10. The molecule has 0 bridgehead atoms. The second kappa shape index (κ2) is 17.5. The van der Waals surface area contributed by atoms with E-state index >= 15 is 8.42 Å². The first-order valence-electron chi connectivity index (χ1n) is 22.9. The maximum atomic E-state index is 15.4. The van der Waals surface area contributed by atoms with Crippen LogP contribution in [0.3, 0.4) is 0 Å². The van der Waals surface area contributed by atoms with Crippen LogP contribution in [0.1, 0.15) is 102 Å². The Morgan fingerprint density at radius 3 is 1.95 bits per heavy atom. The van der Waals surface area contributed by atoms with Gasteiger partial charge in [0.05, 0.1) is 15.2 Å². The Kier molecular flexibility index (Phi) is 12.2. The Hall–Kier alpha value is -4.82. The summed E-state index contributed by atoms with van der Waals surface area (Å²) < 4.78 is 35.3. The Morgan fingerprint density at radius 2 is 1.27 bits per heavy atom. The van der Waals surface area contributed by atoms with Crippen LogP contribution in [0, 0.1) is 0 Å². The number of halogens is 2. The van der Waals surface area contributed by atoms with E-state index in [-0.39, 0.29) is 15.7 Å². The minimum atomic E-state index is -4.00. The molecule has 0 spiro atoms. The van der Waals surface area contributed by atoms with Crippen LogP contribution in [0.5, 0.6) is 0 Å². The molecule has 0 radical (unpaired) electrons. The normalized spacial score (nSPS) is 17.8. The average molecular weight is 994 g/mol. The zero-order chi connectivity index (χ0) is 45.0. The van der Waals surface area contributed by atoms with Gasteiger partial charge in [-0.05, 0) is 126 Å². The van der Waals surface area contributed by atoms with Gasteiger partial charge in [-0.15, -0.1) is 0 Å². The maximum absolute atomic E-state index is 15.4. The van der Waals surface area contributed by atoms with Crippen LogP contribution in [0.25, 0.3) is 32.7 Å². The van der Waals surface area contributed by atoms with E-state index in [0.717, 1.165) is 82.8 Å². The largest absolute Gasteiger partial charge is 0.344 e. The van der Waals surface area contributed by atoms with Crippen LogP contribution in [0.15, 0.2) is 164 Å². The van der Waals surface area contributed by atoms with E-state index in [1.165, 1.54) is 55.5 Å². The highest BCUT2D eigenvalue weighted by atomic mass is 79.9. The Labute approximate surface area is 397 Å². The third kappa shape index (κ3) is 7.59. The molecule has 0 N–H and O–H groups in total. The van der Waals surface area contributed by atoms with E-state index in [2.05, 4.69) is 180 Å². The number of allylic oxidation sites excluding steroid dienone is 7. The molecule has 64 heavy (non-hydrogen) atoms. The van der Waals surface area contributed by atoms with Gasteiger partial charge in [0, 0.05) is 67.6 Å². The van der Waals surface area contributed by atoms with Gasteiger partial charge in [-0.25, -0.2) is 8.42 Å². The van der Waals surface area contributed by atoms with Crippen molar-refractivity contribution in [3.8, 4) is 0 Å². The Morgan fingerprint density at radius 1 is 0.641 bits per heavy atom. The topological polar surface area (TPSA) is 40.4 Å². The van der Waals surface area contributed by atoms with Crippen molar-refractivity contribution in [1.82, 2.24) is 0 Å². The first kappa shape index (κ1) is 44.4. The van der Waals surface area contributed by atoms with Crippen LogP contribution in [0.2, 0.25) is 0 Å². The summed E-state index contributed by atoms with van der Waals surface area (Å²) in [6.07, 6.45) is 15.3. The van der Waals surface area contributed by atoms with Crippen LogP contribution in [-0.4, -0.2) is 31.8 Å². The van der Waals surface area contributed by atoms with Crippen molar-refractivity contribution in [3.05, 3.63) is 181 Å². The van der Waals surface area contributed by atoms with E-state index in [9.17, 15) is 0 Å². The average Bonchev–Trinajstić information content (AvgIpc) is 3.80. The summed E-state index contributed by atoms with van der Waals surface area (Å²) >= 11 is 7.40. The van der Waals surface area contributed by atoms with Gasteiger partial charge in [-0.1, -0.05) is 146 Å². The van der Waals surface area contributed by atoms with Gasteiger partial charge < -0.3 is 4.90 Å². The first-order valence-corrected chi connectivity index (χ1v) is 26.0. The number of benzene rings is 6. The molecule has 326 valence electrons. The van der Waals surface area contributed by atoms with E-state index in [1.54, 1.807) is 12.1 Å². The monoisotopic (exact) mass is 991 g/mol. The van der Waals surface area contributed by atoms with E-state index < -0.39 is 9.84 Å². The van der Waals surface area contributed by atoms with Crippen LogP contribution in [-0.2, 0) is 20.7 Å². The molecule has 1 aliphatic carbocycles. The lowest BCUT2D eigenvalue weighted by atomic mass is 9.79. The van der Waals surface area contributed by atoms with Crippen molar-refractivity contribution in [2.45, 2.75) is 95.8 Å². The molecule has 0 unspecified atom stereocenters. The molecular weight excluding hydrogens is 937 g/mol. The molecule has 0 saturated carbocycles. The van der Waals surface area contributed by atoms with E-state index in [4.69, 9.17) is 0 Å². The van der Waals surface area contributed by atoms with Crippen molar-refractivity contribution < 1.29 is 13.0 Å². The highest BCUT2D eigenvalue weighted by Crippen LogP contribution is 2.53. The second-order valence-corrected chi connectivity index (χ2v) is 22.3. The van der Waals surface area contributed by atoms with Crippen LogP contribution >= 0.6 is 31.9 Å². The third-order valence-corrected chi connectivity index (χ3v) is 16.6. The molecule has 0 amide bonds. The van der Waals surface area contributed by atoms with Crippen molar-refractivity contribution in [3.63, 3.8) is 0 Å². The highest BCUT2D eigenvalue weighted by Gasteiger charge is 2.46. The number of hydrogen-bond donors (Lipinski definition) is 0. The molecular formula is C57H57Br2N2O2S+. The second-order valence-electron chi connectivity index (χ2n) is 18.6. The summed E-state index contributed by atoms with van der Waals surface area (Å²) in [7, 11) is -4.00. The van der Waals surface area contributed by atoms with Gasteiger partial charge in [0.1, 0.15) is 6.54 Å². The summed E-state index contributed by atoms with van der Waals surface area (Å²) in [5.41, 5.74) is 9.99. The third-order valence-electron chi connectivity index (χ3n) is 13.7. The summed E-state index contributed by atoms with van der Waals surface area (Å²) in [5.74, 6) is 0. The number of anilines is 1. The number of unbranched alkanes of at least 4 members (excludes halogenated alkanes) is 4. The molecule has 6 aromatic carbocycles. The molecule has 2 aliphatic heterocycles. The lowest BCUT2D eigenvalue weighted by Crippen LogP contribution is -2.28. The zero-order valence-electron chi connectivity index (χ0n) is 37.8. The number of sulfone groups is 1. The minimum absolute atomic E-state index is 0.287. The van der Waals surface area contributed by atoms with Crippen LogP contribution < -0.4 is 4.90 Å². The van der Waals surface area contributed by atoms with Gasteiger partial charge in [-0.2, -0.15) is 4.58 Å². The SMILES string of the molecule is CCCCCN1/C(=C/C=C2C(S(=O)(=O)c3ccccc3)=C(/C=C/C3=[N+](CCCCC)c4ccc5cc(Br)ccc5c4C3(C)C)c3ccccc3/2)C(C)(C)c2c1ccc1cc(Br)ccc21. The number of hydrogen-bond acceptors (Lipinski definition) is 3. The molecule has 9 rings (SSSR count). The smallest absolute Gasteiger partial charge is 0.210 e. The molecule has 7 heteroatoms. The zero-order valence-corrected chi connectivity index (χ0v) is 41.8. The van der Waals surface area contributed by atoms with Crippen molar-refractivity contribution >= 4 is 91.5 Å². The number of rotatable bonds is 13. The van der Waals surface area contributed by atoms with E-state index in [1.807, 2.05) is 30.3 Å². The lowest BCUT2D eigenvalue weighted by molar-refractivity contribution is -0.438. The molecule has 6 aromatic rings. The van der Waals surface area contributed by atoms with Crippen LogP contribution in [0.4, 0.5) is 11.4 Å². The fourth-order valence-electron chi connectivity index (χ4n) is 10.7. The molecule has 0 atom stereocenters. The molecule has 2 heterocycles. The quantitative estimate of drug-likeness (QED) is 0.0855. The standard InChI is InChI=1S/C57H57Br2N2O2S/c1-7-9-16-34-60-49-30-22-38-36-40(58)24-26-43(38)53(49)56(3,4)51(60)32-28-47-45-20-14-15-21-46(45)48(55(47)64(62,63)42-18-12-11-13-19-42)29-33-52-57(5,6)54-44-27-25-41(59)37-39(44)23-31-50(54)61(52)35-17-10-8-2/h11-15,18-33,36-37H,7-10,16-17,34-35H2,1-6H3/q+1. The van der Waals surface area contributed by atoms with Gasteiger partial charge >= 0.3 is 0 Å². The van der Waals surface area contributed by atoms with Gasteiger partial charge in [-0.3, -0.25) is 0 Å². The van der Waals surface area contributed by atoms with Gasteiger partial charge in [0.2, 0.25) is 15.5 Å². The molecule has 0 aromatic heterocycles. The van der Waals surface area contributed by atoms with E-state index in [0.29, 0.717) is 4.91 Å². The fraction of sp³-hybridized carbons (Fsp3) is 0.281. The summed E-state index contributed by atoms with van der Waals surface area (Å²) in [6.45, 7) is 15.5. The molecule has 0 fully saturated rings. The number of fused-ring (bicyclic) bond motifs is 7. The maximum Gasteiger partial charge on any atom is 0.210 e. The molecule has 3 aliphatic rings. The first-order chi connectivity index (χ1) is 30.8. The van der Waals surface area contributed by atoms with Gasteiger partial charge in [0.25, 0.3) is 0 Å². The van der Waals surface area contributed by atoms with Crippen molar-refractivity contribution in [2.24, 2.45) is 0 Å².